The van der Waals surface area contributed by atoms with E-state index in [9.17, 15) is 0 Å². The summed E-state index contributed by atoms with van der Waals surface area (Å²) in [6, 6.07) is 0. The molecule has 0 saturated heterocycles. The molecular weight excluding hydrogens is 132 g/mol. The van der Waals surface area contributed by atoms with Crippen LogP contribution >= 0.6 is 0 Å². The first-order chi connectivity index (χ1) is 4.81. The Morgan fingerprint density at radius 1 is 1.60 bits per heavy atom. The molecule has 6 nitrogen and oxygen atoms in total. The smallest absolute Gasteiger partial charge is 0.0509 e. The van der Waals surface area contributed by atoms with Gasteiger partial charge in [-0.25, -0.2) is 0 Å². The molecule has 0 unspecified atom stereocenters. The van der Waals surface area contributed by atoms with E-state index in [1.54, 1.807) is 19.1 Å². The maximum atomic E-state index is 7.89. The predicted molar refractivity (Wildman–Crippen MR) is 37.4 cm³/mol. The minimum Gasteiger partial charge on any atom is -0.282 e. The highest BCUT2D eigenvalue weighted by atomic mass is 15.5. The van der Waals surface area contributed by atoms with Gasteiger partial charge in [-0.2, -0.15) is 5.11 Å². The van der Waals surface area contributed by atoms with Crippen molar-refractivity contribution >= 4 is 0 Å². The molecule has 0 aliphatic heterocycles. The number of likely N-dealkylation sites (N-methyl/N-ethyl adjacent to an activating group) is 1. The minimum absolute atomic E-state index is 0.423. The van der Waals surface area contributed by atoms with Gasteiger partial charge in [0.15, 0.2) is 0 Å². The molecular formula is C4H10N6. The second-order valence-electron chi connectivity index (χ2n) is 1.63. The highest BCUT2D eigenvalue weighted by molar-refractivity contribution is 4.48. The number of rotatable bonds is 4. The van der Waals surface area contributed by atoms with Gasteiger partial charge in [-0.15, -0.1) is 0 Å². The quantitative estimate of drug-likeness (QED) is 0.251. The highest BCUT2D eigenvalue weighted by Gasteiger charge is 1.88. The third-order valence-electron chi connectivity index (χ3n) is 0.829. The Hall–Kier alpha value is -1.29. The van der Waals surface area contributed by atoms with Gasteiger partial charge >= 0.3 is 0 Å². The summed E-state index contributed by atoms with van der Waals surface area (Å²) in [5, 5.41) is 12.1. The van der Waals surface area contributed by atoms with E-state index >= 15 is 0 Å². The van der Waals surface area contributed by atoms with E-state index in [2.05, 4.69) is 20.4 Å². The molecule has 0 amide bonds. The fourth-order valence-electron chi connectivity index (χ4n) is 0.432. The first kappa shape index (κ1) is 8.71. The Balaban J connectivity index is 3.38. The fourth-order valence-corrected chi connectivity index (χ4v) is 0.432. The molecule has 0 spiro atoms. The Labute approximate surface area is 59.1 Å². The highest BCUT2D eigenvalue weighted by Crippen LogP contribution is 1.83. The number of hydrogen-bond acceptors (Lipinski definition) is 3. The minimum atomic E-state index is 0.423. The van der Waals surface area contributed by atoms with E-state index < -0.39 is 0 Å². The maximum Gasteiger partial charge on any atom is 0.0509 e. The molecule has 0 aromatic rings. The van der Waals surface area contributed by atoms with Crippen molar-refractivity contribution in [1.29, 1.82) is 0 Å². The molecule has 0 radical (unpaired) electrons. The maximum absolute atomic E-state index is 7.89. The van der Waals surface area contributed by atoms with Crippen LogP contribution in [0.15, 0.2) is 15.5 Å². The van der Waals surface area contributed by atoms with Crippen LogP contribution in [0, 0.1) is 0 Å². The van der Waals surface area contributed by atoms with Crippen molar-refractivity contribution in [3.8, 4) is 0 Å². The van der Waals surface area contributed by atoms with E-state index in [0.29, 0.717) is 13.1 Å². The van der Waals surface area contributed by atoms with Gasteiger partial charge in [-0.3, -0.25) is 5.01 Å². The Kier molecular flexibility index (Phi) is 5.09. The SMILES string of the molecule is C/N=N\N(C)CCN=[N+]=[N-]. The molecule has 0 rings (SSSR count). The number of azide groups is 1. The summed E-state index contributed by atoms with van der Waals surface area (Å²) in [6.45, 7) is 1.02. The molecule has 0 atom stereocenters. The van der Waals surface area contributed by atoms with Crippen LogP contribution < -0.4 is 0 Å². The summed E-state index contributed by atoms with van der Waals surface area (Å²) in [5.74, 6) is 0. The average Bonchev–Trinajstić information content (AvgIpc) is 1.89. The molecule has 0 aliphatic carbocycles. The summed E-state index contributed by atoms with van der Waals surface area (Å²) >= 11 is 0. The van der Waals surface area contributed by atoms with Gasteiger partial charge in [0.25, 0.3) is 0 Å². The third kappa shape index (κ3) is 4.86. The zero-order valence-corrected chi connectivity index (χ0v) is 6.10. The molecule has 0 fully saturated rings. The van der Waals surface area contributed by atoms with E-state index in [0.717, 1.165) is 0 Å². The van der Waals surface area contributed by atoms with Crippen LogP contribution in [0.5, 0.6) is 0 Å². The van der Waals surface area contributed by atoms with Gasteiger partial charge in [0.1, 0.15) is 0 Å². The van der Waals surface area contributed by atoms with Crippen molar-refractivity contribution in [3.05, 3.63) is 10.4 Å². The lowest BCUT2D eigenvalue weighted by Gasteiger charge is -2.06. The first-order valence-corrected chi connectivity index (χ1v) is 2.83. The summed E-state index contributed by atoms with van der Waals surface area (Å²) in [5.41, 5.74) is 7.89. The van der Waals surface area contributed by atoms with Crippen LogP contribution in [-0.2, 0) is 0 Å². The van der Waals surface area contributed by atoms with Crippen LogP contribution in [0.1, 0.15) is 0 Å². The zero-order chi connectivity index (χ0) is 7.82. The topological polar surface area (TPSA) is 76.7 Å². The Bertz CT molecular complexity index is 146. The largest absolute Gasteiger partial charge is 0.282 e. The summed E-state index contributed by atoms with van der Waals surface area (Å²) in [4.78, 5) is 2.59. The van der Waals surface area contributed by atoms with Crippen molar-refractivity contribution in [2.75, 3.05) is 27.2 Å². The van der Waals surface area contributed by atoms with E-state index in [4.69, 9.17) is 5.53 Å². The van der Waals surface area contributed by atoms with Gasteiger partial charge in [-0.1, -0.05) is 10.3 Å². The van der Waals surface area contributed by atoms with Gasteiger partial charge in [0, 0.05) is 25.0 Å². The molecule has 0 N–H and O–H groups in total. The van der Waals surface area contributed by atoms with E-state index in [1.807, 2.05) is 0 Å². The third-order valence-corrected chi connectivity index (χ3v) is 0.829. The standard InChI is InChI=1S/C4H10N6/c1-6-9-10(2)4-3-7-8-5/h3-4H2,1-2H3/b9-6-. The van der Waals surface area contributed by atoms with Crippen molar-refractivity contribution < 1.29 is 0 Å². The Morgan fingerprint density at radius 2 is 2.30 bits per heavy atom. The second-order valence-corrected chi connectivity index (χ2v) is 1.63. The summed E-state index contributed by atoms with van der Waals surface area (Å²) < 4.78 is 0. The van der Waals surface area contributed by atoms with Crippen LogP contribution in [-0.4, -0.2) is 32.2 Å². The first-order valence-electron chi connectivity index (χ1n) is 2.83. The summed E-state index contributed by atoms with van der Waals surface area (Å²) in [7, 11) is 3.35. The molecule has 10 heavy (non-hydrogen) atoms. The van der Waals surface area contributed by atoms with Gasteiger partial charge in [0.05, 0.1) is 7.05 Å². The van der Waals surface area contributed by atoms with Crippen molar-refractivity contribution in [2.24, 2.45) is 15.5 Å². The number of hydrogen-bond donors (Lipinski definition) is 0. The molecule has 0 aliphatic rings. The van der Waals surface area contributed by atoms with Gasteiger partial charge in [-0.05, 0) is 5.53 Å². The number of nitrogens with zero attached hydrogens (tertiary/aromatic N) is 6. The van der Waals surface area contributed by atoms with Crippen LogP contribution in [0.3, 0.4) is 0 Å². The molecule has 0 saturated carbocycles. The second kappa shape index (κ2) is 5.84. The van der Waals surface area contributed by atoms with Gasteiger partial charge in [0.2, 0.25) is 0 Å². The van der Waals surface area contributed by atoms with Crippen LogP contribution in [0.25, 0.3) is 10.4 Å². The van der Waals surface area contributed by atoms with Crippen molar-refractivity contribution in [3.63, 3.8) is 0 Å². The van der Waals surface area contributed by atoms with E-state index in [-0.39, 0.29) is 0 Å². The lowest BCUT2D eigenvalue weighted by atomic mass is 10.6. The predicted octanol–water partition coefficient (Wildman–Crippen LogP) is 1.23. The molecule has 56 valence electrons. The summed E-state index contributed by atoms with van der Waals surface area (Å²) in [6.07, 6.45) is 0. The van der Waals surface area contributed by atoms with E-state index in [1.165, 1.54) is 0 Å². The normalized spacial score (nSPS) is 9.40. The monoisotopic (exact) mass is 142 g/mol. The van der Waals surface area contributed by atoms with Crippen LogP contribution in [0.2, 0.25) is 0 Å². The van der Waals surface area contributed by atoms with Crippen molar-refractivity contribution in [2.45, 2.75) is 0 Å². The lowest BCUT2D eigenvalue weighted by molar-refractivity contribution is 0.338. The lowest BCUT2D eigenvalue weighted by Crippen LogP contribution is -2.13. The van der Waals surface area contributed by atoms with Gasteiger partial charge < -0.3 is 0 Å². The van der Waals surface area contributed by atoms with Crippen LogP contribution in [0.4, 0.5) is 0 Å². The molecule has 0 bridgehead atoms. The van der Waals surface area contributed by atoms with Crippen molar-refractivity contribution in [1.82, 2.24) is 5.01 Å². The Morgan fingerprint density at radius 3 is 2.80 bits per heavy atom. The fraction of sp³-hybridized carbons (Fsp3) is 1.00. The molecule has 6 heteroatoms. The molecule has 0 aromatic carbocycles. The average molecular weight is 142 g/mol. The zero-order valence-electron chi connectivity index (χ0n) is 6.10. The molecule has 0 aromatic heterocycles. The molecule has 0 heterocycles.